The summed E-state index contributed by atoms with van der Waals surface area (Å²) in [6.45, 7) is 6.30. The zero-order valence-electron chi connectivity index (χ0n) is 10.5. The molecule has 0 saturated carbocycles. The Labute approximate surface area is 97.6 Å². The molecule has 1 aliphatic heterocycles. The summed E-state index contributed by atoms with van der Waals surface area (Å²) in [5.74, 6) is 0. The average Bonchev–Trinajstić information content (AvgIpc) is 2.39. The van der Waals surface area contributed by atoms with Crippen LogP contribution in [0.1, 0.15) is 46.5 Å². The fraction of sp³-hybridized carbons (Fsp3) is 0.917. The first-order chi connectivity index (χ1) is 7.44. The molecule has 1 N–H and O–H groups in total. The van der Waals surface area contributed by atoms with Crippen molar-refractivity contribution in [2.75, 3.05) is 13.2 Å². The summed E-state index contributed by atoms with van der Waals surface area (Å²) in [6.07, 6.45) is 3.76. The third-order valence-electron chi connectivity index (χ3n) is 2.72. The van der Waals surface area contributed by atoms with Crippen molar-refractivity contribution in [2.45, 2.75) is 58.1 Å². The number of amides is 1. The number of carbonyl (C=O) groups excluding carboxylic acids is 1. The number of hydrogen-bond acceptors (Lipinski definition) is 3. The second-order valence-corrected chi connectivity index (χ2v) is 5.36. The van der Waals surface area contributed by atoms with Crippen molar-refractivity contribution >= 4 is 6.09 Å². The lowest BCUT2D eigenvalue weighted by Gasteiger charge is -2.31. The van der Waals surface area contributed by atoms with Crippen molar-refractivity contribution < 1.29 is 14.6 Å². The van der Waals surface area contributed by atoms with Crippen molar-refractivity contribution in [2.24, 2.45) is 0 Å². The lowest BCUT2D eigenvalue weighted by Crippen LogP contribution is -2.44. The molecule has 94 valence electrons. The fourth-order valence-corrected chi connectivity index (χ4v) is 1.93. The van der Waals surface area contributed by atoms with Crippen LogP contribution in [0.5, 0.6) is 0 Å². The topological polar surface area (TPSA) is 49.8 Å². The summed E-state index contributed by atoms with van der Waals surface area (Å²) >= 11 is 0. The first kappa shape index (κ1) is 13.3. The summed E-state index contributed by atoms with van der Waals surface area (Å²) in [7, 11) is 0. The maximum Gasteiger partial charge on any atom is 0.410 e. The van der Waals surface area contributed by atoms with Gasteiger partial charge in [-0.25, -0.2) is 4.79 Å². The van der Waals surface area contributed by atoms with Gasteiger partial charge in [0, 0.05) is 6.54 Å². The lowest BCUT2D eigenvalue weighted by atomic mass is 10.1. The summed E-state index contributed by atoms with van der Waals surface area (Å²) in [6, 6.07) is -0.0719. The van der Waals surface area contributed by atoms with Crippen molar-refractivity contribution in [1.82, 2.24) is 4.90 Å². The molecule has 1 saturated heterocycles. The highest BCUT2D eigenvalue weighted by atomic mass is 16.6. The van der Waals surface area contributed by atoms with E-state index in [-0.39, 0.29) is 18.7 Å². The maximum absolute atomic E-state index is 11.9. The number of nitrogens with zero attached hydrogens (tertiary/aromatic N) is 1. The molecule has 16 heavy (non-hydrogen) atoms. The van der Waals surface area contributed by atoms with E-state index in [1.807, 2.05) is 20.8 Å². The second kappa shape index (κ2) is 5.53. The first-order valence-corrected chi connectivity index (χ1v) is 6.04. The predicted molar refractivity (Wildman–Crippen MR) is 62.3 cm³/mol. The Kier molecular flexibility index (Phi) is 4.59. The molecule has 1 heterocycles. The van der Waals surface area contributed by atoms with Crippen LogP contribution in [0.2, 0.25) is 0 Å². The van der Waals surface area contributed by atoms with Crippen LogP contribution in [-0.2, 0) is 4.74 Å². The summed E-state index contributed by atoms with van der Waals surface area (Å²) in [5.41, 5.74) is -0.469. The number of carbonyl (C=O) groups is 1. The van der Waals surface area contributed by atoms with Crippen molar-refractivity contribution in [3.8, 4) is 0 Å². The van der Waals surface area contributed by atoms with Crippen LogP contribution in [0.3, 0.4) is 0 Å². The summed E-state index contributed by atoms with van der Waals surface area (Å²) in [5, 5.41) is 9.28. The highest BCUT2D eigenvalue weighted by Gasteiger charge is 2.28. The molecule has 0 unspecified atom stereocenters. The highest BCUT2D eigenvalue weighted by Crippen LogP contribution is 2.19. The largest absolute Gasteiger partial charge is 0.444 e. The lowest BCUT2D eigenvalue weighted by molar-refractivity contribution is 0.0100. The molecule has 1 fully saturated rings. The summed E-state index contributed by atoms with van der Waals surface area (Å²) in [4.78, 5) is 13.6. The SMILES string of the molecule is CC(C)(C)OC(=O)N1CCCCC[C@H]1CO. The van der Waals surface area contributed by atoms with Gasteiger partial charge >= 0.3 is 6.09 Å². The molecular weight excluding hydrogens is 206 g/mol. The normalized spacial score (nSPS) is 22.8. The van der Waals surface area contributed by atoms with Gasteiger partial charge in [-0.1, -0.05) is 12.8 Å². The highest BCUT2D eigenvalue weighted by molar-refractivity contribution is 5.68. The number of aliphatic hydroxyl groups is 1. The number of likely N-dealkylation sites (tertiary alicyclic amines) is 1. The molecule has 0 bridgehead atoms. The number of hydrogen-bond donors (Lipinski definition) is 1. The third-order valence-corrected chi connectivity index (χ3v) is 2.72. The van der Waals surface area contributed by atoms with Gasteiger partial charge in [0.05, 0.1) is 12.6 Å². The standard InChI is InChI=1S/C12H23NO3/c1-12(2,3)16-11(15)13-8-6-4-5-7-10(13)9-14/h10,14H,4-9H2,1-3H3/t10-/m0/s1. The minimum Gasteiger partial charge on any atom is -0.444 e. The van der Waals surface area contributed by atoms with Crippen LogP contribution in [0.25, 0.3) is 0 Å². The Morgan fingerprint density at radius 2 is 2.06 bits per heavy atom. The van der Waals surface area contributed by atoms with E-state index in [9.17, 15) is 9.90 Å². The van der Waals surface area contributed by atoms with E-state index in [1.165, 1.54) is 0 Å². The quantitative estimate of drug-likeness (QED) is 0.749. The molecule has 1 rings (SSSR count). The molecule has 1 atom stereocenters. The van der Waals surface area contributed by atoms with Gasteiger partial charge in [-0.3, -0.25) is 0 Å². The van der Waals surface area contributed by atoms with Crippen LogP contribution < -0.4 is 0 Å². The second-order valence-electron chi connectivity index (χ2n) is 5.36. The number of rotatable bonds is 1. The minimum absolute atomic E-state index is 0.0270. The van der Waals surface area contributed by atoms with Crippen LogP contribution >= 0.6 is 0 Å². The zero-order valence-corrected chi connectivity index (χ0v) is 10.5. The fourth-order valence-electron chi connectivity index (χ4n) is 1.93. The van der Waals surface area contributed by atoms with Gasteiger partial charge in [0.15, 0.2) is 0 Å². The van der Waals surface area contributed by atoms with E-state index < -0.39 is 5.60 Å². The Hall–Kier alpha value is -0.770. The minimum atomic E-state index is -0.469. The molecule has 0 radical (unpaired) electrons. The third kappa shape index (κ3) is 4.00. The Morgan fingerprint density at radius 1 is 1.38 bits per heavy atom. The van der Waals surface area contributed by atoms with Gasteiger partial charge in [-0.05, 0) is 33.6 Å². The van der Waals surface area contributed by atoms with Gasteiger partial charge in [-0.15, -0.1) is 0 Å². The monoisotopic (exact) mass is 229 g/mol. The molecule has 0 aromatic rings. The van der Waals surface area contributed by atoms with E-state index >= 15 is 0 Å². The molecule has 0 aromatic heterocycles. The zero-order chi connectivity index (χ0) is 12.2. The van der Waals surface area contributed by atoms with E-state index in [0.29, 0.717) is 6.54 Å². The summed E-state index contributed by atoms with van der Waals surface area (Å²) < 4.78 is 5.34. The van der Waals surface area contributed by atoms with Gasteiger partial charge in [0.1, 0.15) is 5.60 Å². The van der Waals surface area contributed by atoms with E-state index in [4.69, 9.17) is 4.74 Å². The molecule has 0 aromatic carbocycles. The van der Waals surface area contributed by atoms with E-state index in [0.717, 1.165) is 25.7 Å². The Bertz CT molecular complexity index is 235. The van der Waals surface area contributed by atoms with Crippen molar-refractivity contribution in [3.63, 3.8) is 0 Å². The molecule has 0 aliphatic carbocycles. The smallest absolute Gasteiger partial charge is 0.410 e. The van der Waals surface area contributed by atoms with Crippen molar-refractivity contribution in [1.29, 1.82) is 0 Å². The number of ether oxygens (including phenoxy) is 1. The predicted octanol–water partition coefficient (Wildman–Crippen LogP) is 2.16. The molecular formula is C12H23NO3. The van der Waals surface area contributed by atoms with Gasteiger partial charge < -0.3 is 14.7 Å². The van der Waals surface area contributed by atoms with Gasteiger partial charge in [-0.2, -0.15) is 0 Å². The van der Waals surface area contributed by atoms with Crippen molar-refractivity contribution in [3.05, 3.63) is 0 Å². The Balaban J connectivity index is 2.63. The first-order valence-electron chi connectivity index (χ1n) is 6.04. The molecule has 0 spiro atoms. The van der Waals surface area contributed by atoms with Crippen LogP contribution in [0.4, 0.5) is 4.79 Å². The molecule has 1 aliphatic rings. The van der Waals surface area contributed by atoms with Crippen LogP contribution in [0, 0.1) is 0 Å². The number of aliphatic hydroxyl groups excluding tert-OH is 1. The van der Waals surface area contributed by atoms with Crippen LogP contribution in [0.15, 0.2) is 0 Å². The van der Waals surface area contributed by atoms with E-state index in [1.54, 1.807) is 4.90 Å². The Morgan fingerprint density at radius 3 is 2.62 bits per heavy atom. The van der Waals surface area contributed by atoms with Gasteiger partial charge in [0.2, 0.25) is 0 Å². The van der Waals surface area contributed by atoms with Crippen LogP contribution in [-0.4, -0.2) is 40.9 Å². The average molecular weight is 229 g/mol. The van der Waals surface area contributed by atoms with Gasteiger partial charge in [0.25, 0.3) is 0 Å². The van der Waals surface area contributed by atoms with E-state index in [2.05, 4.69) is 0 Å². The molecule has 4 nitrogen and oxygen atoms in total. The molecule has 4 heteroatoms. The molecule has 1 amide bonds. The maximum atomic E-state index is 11.9.